The summed E-state index contributed by atoms with van der Waals surface area (Å²) in [4.78, 5) is 0. The number of rotatable bonds is 8. The lowest BCUT2D eigenvalue weighted by molar-refractivity contribution is 0.667. The first kappa shape index (κ1) is 17.9. The maximum Gasteiger partial charge on any atom is -0.0134 e. The quantitative estimate of drug-likeness (QED) is 0.370. The minimum Gasteiger partial charge on any atom is -0.0654 e. The average Bonchev–Trinajstić information content (AvgIpc) is 2.68. The summed E-state index contributed by atoms with van der Waals surface area (Å²) in [5.74, 6) is 0. The van der Waals surface area contributed by atoms with Gasteiger partial charge in [0.25, 0.3) is 0 Å². The van der Waals surface area contributed by atoms with E-state index in [4.69, 9.17) is 0 Å². The zero-order chi connectivity index (χ0) is 17.3. The van der Waals surface area contributed by atoms with Crippen LogP contribution in [0, 0.1) is 0 Å². The number of aryl methyl sites for hydroxylation is 1. The molecule has 0 aliphatic carbocycles. The number of hydrogen-bond donors (Lipinski definition) is 0. The fourth-order valence-electron chi connectivity index (χ4n) is 3.17. The largest absolute Gasteiger partial charge is 0.0654 e. The second-order valence-corrected chi connectivity index (χ2v) is 8.70. The third-order valence-electron chi connectivity index (χ3n) is 4.54. The molecule has 0 radical (unpaired) electrons. The van der Waals surface area contributed by atoms with Crippen LogP contribution >= 0.6 is 7.92 Å². The molecule has 0 bridgehead atoms. The molecule has 0 unspecified atom stereocenters. The van der Waals surface area contributed by atoms with Gasteiger partial charge in [0.05, 0.1) is 0 Å². The molecular formula is C24H27P. The molecule has 0 fully saturated rings. The Morgan fingerprint density at radius 3 is 1.60 bits per heavy atom. The van der Waals surface area contributed by atoms with Crippen molar-refractivity contribution in [1.29, 1.82) is 0 Å². The third kappa shape index (κ3) is 5.03. The molecule has 3 rings (SSSR count). The Morgan fingerprint density at radius 2 is 1.08 bits per heavy atom. The minimum absolute atomic E-state index is 0.477. The van der Waals surface area contributed by atoms with E-state index in [1.165, 1.54) is 53.6 Å². The van der Waals surface area contributed by atoms with Crippen molar-refractivity contribution < 1.29 is 0 Å². The zero-order valence-electron chi connectivity index (χ0n) is 15.1. The molecule has 0 nitrogen and oxygen atoms in total. The molecule has 3 aromatic rings. The lowest BCUT2D eigenvalue weighted by Gasteiger charge is -2.19. The van der Waals surface area contributed by atoms with Crippen molar-refractivity contribution in [2.75, 3.05) is 0 Å². The summed E-state index contributed by atoms with van der Waals surface area (Å²) in [5, 5.41) is 4.27. The number of hydrogen-bond acceptors (Lipinski definition) is 0. The smallest absolute Gasteiger partial charge is 0.0134 e. The Labute approximate surface area is 153 Å². The summed E-state index contributed by atoms with van der Waals surface area (Å²) in [6, 6.07) is 31.2. The number of unbranched alkanes of at least 4 members (excludes halogenated alkanes) is 3. The van der Waals surface area contributed by atoms with Crippen LogP contribution in [0.15, 0.2) is 84.9 Å². The molecule has 25 heavy (non-hydrogen) atoms. The van der Waals surface area contributed by atoms with Gasteiger partial charge in [-0.1, -0.05) is 111 Å². The maximum atomic E-state index is 2.35. The molecule has 0 heterocycles. The number of benzene rings is 3. The molecule has 0 amide bonds. The van der Waals surface area contributed by atoms with Crippen LogP contribution in [0.1, 0.15) is 38.2 Å². The zero-order valence-corrected chi connectivity index (χ0v) is 16.0. The van der Waals surface area contributed by atoms with Crippen LogP contribution in [0.5, 0.6) is 0 Å². The lowest BCUT2D eigenvalue weighted by Crippen LogP contribution is -2.20. The summed E-state index contributed by atoms with van der Waals surface area (Å²) in [5.41, 5.74) is 1.47. The fraction of sp³-hybridized carbons (Fsp3) is 0.250. The van der Waals surface area contributed by atoms with Gasteiger partial charge in [0.2, 0.25) is 0 Å². The van der Waals surface area contributed by atoms with Crippen LogP contribution in [0.4, 0.5) is 0 Å². The Kier molecular flexibility index (Phi) is 6.83. The van der Waals surface area contributed by atoms with Gasteiger partial charge in [0.15, 0.2) is 0 Å². The van der Waals surface area contributed by atoms with Crippen LogP contribution in [-0.2, 0) is 6.42 Å². The first-order valence-corrected chi connectivity index (χ1v) is 10.7. The molecule has 0 spiro atoms. The van der Waals surface area contributed by atoms with Gasteiger partial charge in [-0.05, 0) is 42.2 Å². The van der Waals surface area contributed by atoms with E-state index in [-0.39, 0.29) is 0 Å². The second kappa shape index (κ2) is 9.54. The van der Waals surface area contributed by atoms with Gasteiger partial charge in [-0.25, -0.2) is 0 Å². The molecule has 0 aliphatic rings. The van der Waals surface area contributed by atoms with Crippen molar-refractivity contribution in [1.82, 2.24) is 0 Å². The van der Waals surface area contributed by atoms with Crippen molar-refractivity contribution in [3.8, 4) is 0 Å². The standard InChI is InChI=1S/C24H27P/c1-2-3-4-7-12-21-17-19-24(20-18-21)25(22-13-8-5-9-14-22)23-15-10-6-11-16-23/h5-6,8-11,13-20H,2-4,7,12H2,1H3. The predicted molar refractivity (Wildman–Crippen MR) is 113 cm³/mol. The molecule has 1 heteroatoms. The van der Waals surface area contributed by atoms with Crippen molar-refractivity contribution >= 4 is 23.8 Å². The van der Waals surface area contributed by atoms with Gasteiger partial charge in [0, 0.05) is 0 Å². The molecule has 0 atom stereocenters. The van der Waals surface area contributed by atoms with E-state index in [9.17, 15) is 0 Å². The summed E-state index contributed by atoms with van der Waals surface area (Å²) in [6.45, 7) is 2.27. The van der Waals surface area contributed by atoms with E-state index in [1.54, 1.807) is 0 Å². The molecule has 0 saturated carbocycles. The normalized spacial score (nSPS) is 11.0. The van der Waals surface area contributed by atoms with Gasteiger partial charge >= 0.3 is 0 Å². The molecule has 0 saturated heterocycles. The highest BCUT2D eigenvalue weighted by Gasteiger charge is 2.15. The van der Waals surface area contributed by atoms with Gasteiger partial charge in [-0.2, -0.15) is 0 Å². The first-order chi connectivity index (χ1) is 12.4. The van der Waals surface area contributed by atoms with Crippen molar-refractivity contribution in [2.24, 2.45) is 0 Å². The molecule has 3 aromatic carbocycles. The van der Waals surface area contributed by atoms with Crippen LogP contribution in [0.25, 0.3) is 0 Å². The molecule has 0 N–H and O–H groups in total. The third-order valence-corrected chi connectivity index (χ3v) is 6.99. The average molecular weight is 346 g/mol. The van der Waals surface area contributed by atoms with Crippen molar-refractivity contribution in [3.63, 3.8) is 0 Å². The van der Waals surface area contributed by atoms with Crippen LogP contribution in [0.3, 0.4) is 0 Å². The first-order valence-electron chi connectivity index (χ1n) is 9.37. The summed E-state index contributed by atoms with van der Waals surface area (Å²) < 4.78 is 0. The Morgan fingerprint density at radius 1 is 0.560 bits per heavy atom. The van der Waals surface area contributed by atoms with Gasteiger partial charge in [0.1, 0.15) is 0 Å². The SMILES string of the molecule is CCCCCCc1ccc(P(c2ccccc2)c2ccccc2)cc1. The summed E-state index contributed by atoms with van der Waals surface area (Å²) in [6.07, 6.45) is 6.51. The lowest BCUT2D eigenvalue weighted by atomic mass is 10.1. The molecule has 0 aliphatic heterocycles. The van der Waals surface area contributed by atoms with E-state index in [0.29, 0.717) is 0 Å². The minimum atomic E-state index is -0.477. The Hall–Kier alpha value is -1.91. The molecular weight excluding hydrogens is 319 g/mol. The van der Waals surface area contributed by atoms with Crippen LogP contribution < -0.4 is 15.9 Å². The maximum absolute atomic E-state index is 2.35. The van der Waals surface area contributed by atoms with Crippen molar-refractivity contribution in [3.05, 3.63) is 90.5 Å². The van der Waals surface area contributed by atoms with Crippen LogP contribution in [-0.4, -0.2) is 0 Å². The highest BCUT2D eigenvalue weighted by molar-refractivity contribution is 7.79. The van der Waals surface area contributed by atoms with Gasteiger partial charge in [-0.15, -0.1) is 0 Å². The predicted octanol–water partition coefficient (Wildman–Crippen LogP) is 5.57. The van der Waals surface area contributed by atoms with E-state index >= 15 is 0 Å². The monoisotopic (exact) mass is 346 g/mol. The fourth-order valence-corrected chi connectivity index (χ4v) is 5.45. The topological polar surface area (TPSA) is 0 Å². The van der Waals surface area contributed by atoms with E-state index in [2.05, 4.69) is 91.9 Å². The highest BCUT2D eigenvalue weighted by atomic mass is 31.1. The van der Waals surface area contributed by atoms with E-state index in [1.807, 2.05) is 0 Å². The Bertz CT molecular complexity index is 693. The molecule has 128 valence electrons. The van der Waals surface area contributed by atoms with E-state index < -0.39 is 7.92 Å². The summed E-state index contributed by atoms with van der Waals surface area (Å²) in [7, 11) is -0.477. The van der Waals surface area contributed by atoms with Gasteiger partial charge in [-0.3, -0.25) is 0 Å². The summed E-state index contributed by atoms with van der Waals surface area (Å²) >= 11 is 0. The highest BCUT2D eigenvalue weighted by Crippen LogP contribution is 2.32. The van der Waals surface area contributed by atoms with Gasteiger partial charge < -0.3 is 0 Å². The Balaban J connectivity index is 1.82. The van der Waals surface area contributed by atoms with E-state index in [0.717, 1.165) is 0 Å². The molecule has 0 aromatic heterocycles. The second-order valence-electron chi connectivity index (χ2n) is 6.48. The van der Waals surface area contributed by atoms with Crippen LogP contribution in [0.2, 0.25) is 0 Å². The van der Waals surface area contributed by atoms with Crippen molar-refractivity contribution in [2.45, 2.75) is 39.0 Å².